The molecule has 1 aromatic carbocycles. The van der Waals surface area contributed by atoms with Crippen LogP contribution in [0.4, 0.5) is 0 Å². The van der Waals surface area contributed by atoms with Crippen molar-refractivity contribution in [1.82, 2.24) is 4.90 Å². The summed E-state index contributed by atoms with van der Waals surface area (Å²) in [6, 6.07) is 8.17. The lowest BCUT2D eigenvalue weighted by Crippen LogP contribution is -2.29. The molecule has 15 heavy (non-hydrogen) atoms. The third kappa shape index (κ3) is 3.49. The van der Waals surface area contributed by atoms with Gasteiger partial charge in [-0.25, -0.2) is 0 Å². The SMILES string of the molecule is CCN(CCO)C(C)c1cccc(Cl)c1. The minimum absolute atomic E-state index is 0.193. The Kier molecular flexibility index (Phi) is 5.09. The average molecular weight is 228 g/mol. The molecule has 0 heterocycles. The number of nitrogens with zero attached hydrogens (tertiary/aromatic N) is 1. The van der Waals surface area contributed by atoms with Crippen molar-refractivity contribution in [3.63, 3.8) is 0 Å². The van der Waals surface area contributed by atoms with Gasteiger partial charge in [-0.15, -0.1) is 0 Å². The van der Waals surface area contributed by atoms with Crippen LogP contribution >= 0.6 is 11.6 Å². The molecule has 0 radical (unpaired) electrons. The van der Waals surface area contributed by atoms with Crippen LogP contribution in [0.2, 0.25) is 5.02 Å². The minimum Gasteiger partial charge on any atom is -0.395 e. The summed E-state index contributed by atoms with van der Waals surface area (Å²) in [6.07, 6.45) is 0. The summed E-state index contributed by atoms with van der Waals surface area (Å²) in [5.74, 6) is 0. The maximum absolute atomic E-state index is 8.95. The lowest BCUT2D eigenvalue weighted by atomic mass is 10.1. The number of halogens is 1. The second-order valence-electron chi connectivity index (χ2n) is 3.58. The largest absolute Gasteiger partial charge is 0.395 e. The lowest BCUT2D eigenvalue weighted by Gasteiger charge is -2.27. The number of benzene rings is 1. The van der Waals surface area contributed by atoms with Crippen LogP contribution in [0.25, 0.3) is 0 Å². The second kappa shape index (κ2) is 6.11. The summed E-state index contributed by atoms with van der Waals surface area (Å²) in [4.78, 5) is 2.21. The van der Waals surface area contributed by atoms with Crippen molar-refractivity contribution in [3.8, 4) is 0 Å². The number of rotatable bonds is 5. The van der Waals surface area contributed by atoms with Crippen LogP contribution < -0.4 is 0 Å². The molecular formula is C12H18ClNO. The number of hydrogen-bond acceptors (Lipinski definition) is 2. The van der Waals surface area contributed by atoms with E-state index in [0.717, 1.165) is 11.6 Å². The number of likely N-dealkylation sites (N-methyl/N-ethyl adjacent to an activating group) is 1. The zero-order valence-corrected chi connectivity index (χ0v) is 10.0. The molecule has 0 aromatic heterocycles. The van der Waals surface area contributed by atoms with Gasteiger partial charge >= 0.3 is 0 Å². The van der Waals surface area contributed by atoms with Crippen molar-refractivity contribution >= 4 is 11.6 Å². The van der Waals surface area contributed by atoms with Gasteiger partial charge in [0, 0.05) is 17.6 Å². The Bertz CT molecular complexity index is 303. The lowest BCUT2D eigenvalue weighted by molar-refractivity contribution is 0.165. The fourth-order valence-electron chi connectivity index (χ4n) is 1.73. The predicted molar refractivity (Wildman–Crippen MR) is 64.2 cm³/mol. The Morgan fingerprint density at radius 2 is 2.20 bits per heavy atom. The van der Waals surface area contributed by atoms with Gasteiger partial charge in [-0.05, 0) is 31.2 Å². The third-order valence-electron chi connectivity index (χ3n) is 2.67. The van der Waals surface area contributed by atoms with E-state index < -0.39 is 0 Å². The van der Waals surface area contributed by atoms with Gasteiger partial charge in [0.15, 0.2) is 0 Å². The summed E-state index contributed by atoms with van der Waals surface area (Å²) in [7, 11) is 0. The van der Waals surface area contributed by atoms with Crippen LogP contribution in [0.15, 0.2) is 24.3 Å². The quantitative estimate of drug-likeness (QED) is 0.836. The highest BCUT2D eigenvalue weighted by molar-refractivity contribution is 6.30. The van der Waals surface area contributed by atoms with Crippen molar-refractivity contribution in [2.45, 2.75) is 19.9 Å². The van der Waals surface area contributed by atoms with Gasteiger partial charge < -0.3 is 5.11 Å². The van der Waals surface area contributed by atoms with Crippen molar-refractivity contribution in [2.75, 3.05) is 19.7 Å². The average Bonchev–Trinajstić information content (AvgIpc) is 2.25. The Morgan fingerprint density at radius 3 is 2.73 bits per heavy atom. The molecule has 1 atom stereocenters. The molecule has 1 rings (SSSR count). The highest BCUT2D eigenvalue weighted by atomic mass is 35.5. The van der Waals surface area contributed by atoms with Crippen molar-refractivity contribution in [1.29, 1.82) is 0 Å². The smallest absolute Gasteiger partial charge is 0.0558 e. The van der Waals surface area contributed by atoms with E-state index in [1.54, 1.807) is 0 Å². The fraction of sp³-hybridized carbons (Fsp3) is 0.500. The molecular weight excluding hydrogens is 210 g/mol. The topological polar surface area (TPSA) is 23.5 Å². The molecule has 1 unspecified atom stereocenters. The minimum atomic E-state index is 0.193. The first-order valence-electron chi connectivity index (χ1n) is 5.29. The van der Waals surface area contributed by atoms with Crippen LogP contribution in [0.5, 0.6) is 0 Å². The van der Waals surface area contributed by atoms with E-state index in [9.17, 15) is 0 Å². The van der Waals surface area contributed by atoms with E-state index >= 15 is 0 Å². The zero-order chi connectivity index (χ0) is 11.3. The van der Waals surface area contributed by atoms with Gasteiger partial charge in [0.2, 0.25) is 0 Å². The van der Waals surface area contributed by atoms with Crippen molar-refractivity contribution in [3.05, 3.63) is 34.9 Å². The molecule has 0 saturated carbocycles. The molecule has 0 fully saturated rings. The van der Waals surface area contributed by atoms with Crippen molar-refractivity contribution < 1.29 is 5.11 Å². The summed E-state index contributed by atoms with van der Waals surface area (Å²) in [6.45, 7) is 6.04. The van der Waals surface area contributed by atoms with E-state index in [1.807, 2.05) is 18.2 Å². The molecule has 0 aliphatic rings. The first kappa shape index (κ1) is 12.5. The molecule has 0 bridgehead atoms. The fourth-order valence-corrected chi connectivity index (χ4v) is 1.93. The first-order chi connectivity index (χ1) is 7.19. The molecule has 0 spiro atoms. The Hall–Kier alpha value is -0.570. The Labute approximate surface area is 96.5 Å². The van der Waals surface area contributed by atoms with Crippen LogP contribution in [0.3, 0.4) is 0 Å². The molecule has 1 N–H and O–H groups in total. The first-order valence-corrected chi connectivity index (χ1v) is 5.67. The normalized spacial score (nSPS) is 13.1. The summed E-state index contributed by atoms with van der Waals surface area (Å²) in [5, 5.41) is 9.71. The summed E-state index contributed by atoms with van der Waals surface area (Å²) in [5.41, 5.74) is 1.19. The van der Waals surface area contributed by atoms with Crippen LogP contribution in [-0.2, 0) is 0 Å². The zero-order valence-electron chi connectivity index (χ0n) is 9.28. The van der Waals surface area contributed by atoms with Gasteiger partial charge in [0.25, 0.3) is 0 Å². The maximum Gasteiger partial charge on any atom is 0.0558 e. The van der Waals surface area contributed by atoms with E-state index in [4.69, 9.17) is 16.7 Å². The Balaban J connectivity index is 2.77. The van der Waals surface area contributed by atoms with Crippen LogP contribution in [-0.4, -0.2) is 29.7 Å². The second-order valence-corrected chi connectivity index (χ2v) is 4.02. The van der Waals surface area contributed by atoms with E-state index in [1.165, 1.54) is 5.56 Å². The van der Waals surface area contributed by atoms with Gasteiger partial charge in [0.1, 0.15) is 0 Å². The number of hydrogen-bond donors (Lipinski definition) is 1. The van der Waals surface area contributed by atoms with Crippen LogP contribution in [0, 0.1) is 0 Å². The van der Waals surface area contributed by atoms with Gasteiger partial charge in [0.05, 0.1) is 6.61 Å². The summed E-state index contributed by atoms with van der Waals surface area (Å²) >= 11 is 5.95. The molecule has 0 aliphatic heterocycles. The number of aliphatic hydroxyl groups is 1. The maximum atomic E-state index is 8.95. The van der Waals surface area contributed by atoms with Gasteiger partial charge in [-0.3, -0.25) is 4.90 Å². The molecule has 1 aromatic rings. The monoisotopic (exact) mass is 227 g/mol. The highest BCUT2D eigenvalue weighted by Gasteiger charge is 2.13. The predicted octanol–water partition coefficient (Wildman–Crippen LogP) is 2.72. The van der Waals surface area contributed by atoms with E-state index in [2.05, 4.69) is 24.8 Å². The molecule has 3 heteroatoms. The highest BCUT2D eigenvalue weighted by Crippen LogP contribution is 2.22. The van der Waals surface area contributed by atoms with Crippen molar-refractivity contribution in [2.24, 2.45) is 0 Å². The molecule has 2 nitrogen and oxygen atoms in total. The van der Waals surface area contributed by atoms with Gasteiger partial charge in [-0.1, -0.05) is 30.7 Å². The molecule has 0 amide bonds. The standard InChI is InChI=1S/C12H18ClNO/c1-3-14(7-8-15)10(2)11-5-4-6-12(13)9-11/h4-6,9-10,15H,3,7-8H2,1-2H3. The van der Waals surface area contributed by atoms with E-state index in [-0.39, 0.29) is 6.61 Å². The Morgan fingerprint density at radius 1 is 1.47 bits per heavy atom. The van der Waals surface area contributed by atoms with Gasteiger partial charge in [-0.2, -0.15) is 0 Å². The number of aliphatic hydroxyl groups excluding tert-OH is 1. The summed E-state index contributed by atoms with van der Waals surface area (Å²) < 4.78 is 0. The van der Waals surface area contributed by atoms with E-state index in [0.29, 0.717) is 12.6 Å². The molecule has 0 saturated heterocycles. The molecule has 0 aliphatic carbocycles. The third-order valence-corrected chi connectivity index (χ3v) is 2.91. The van der Waals surface area contributed by atoms with Crippen LogP contribution in [0.1, 0.15) is 25.5 Å². The molecule has 84 valence electrons.